The van der Waals surface area contributed by atoms with Crippen LogP contribution in [0.25, 0.3) is 12.2 Å². The van der Waals surface area contributed by atoms with Crippen LogP contribution in [0.2, 0.25) is 0 Å². The van der Waals surface area contributed by atoms with Crippen molar-refractivity contribution >= 4 is 23.5 Å². The molecule has 1 heterocycles. The number of likely N-dealkylation sites (N-methyl/N-ethyl adjacent to an activating group) is 1. The number of nitrogens with zero attached hydrogens (tertiary/aromatic N) is 1. The van der Waals surface area contributed by atoms with E-state index >= 15 is 0 Å². The van der Waals surface area contributed by atoms with Crippen molar-refractivity contribution in [2.24, 2.45) is 0 Å². The van der Waals surface area contributed by atoms with Gasteiger partial charge < -0.3 is 10.2 Å². The second kappa shape index (κ2) is 14.3. The van der Waals surface area contributed by atoms with Crippen molar-refractivity contribution in [2.75, 3.05) is 17.3 Å². The molecule has 0 spiro atoms. The van der Waals surface area contributed by atoms with Crippen LogP contribution in [0.3, 0.4) is 0 Å². The van der Waals surface area contributed by atoms with E-state index < -0.39 is 0 Å². The summed E-state index contributed by atoms with van der Waals surface area (Å²) in [6.45, 7) is 14.7. The SMILES string of the molecule is C=Cc1ccc(CC(C)(C)c2ccccc2N/C=C/C=C/C=C/C=C2/N(C)c3ccccc3C2(C)Cc2ccc(C=C)cc2)cc1. The van der Waals surface area contributed by atoms with Crippen LogP contribution in [0.4, 0.5) is 11.4 Å². The van der Waals surface area contributed by atoms with Crippen molar-refractivity contribution in [1.29, 1.82) is 0 Å². The summed E-state index contributed by atoms with van der Waals surface area (Å²) in [4.78, 5) is 2.33. The molecule has 1 N–H and O–H groups in total. The highest BCUT2D eigenvalue weighted by Gasteiger charge is 2.41. The highest BCUT2D eigenvalue weighted by atomic mass is 15.2. The molecule has 0 amide bonds. The molecular weight excluding hydrogens is 556 g/mol. The lowest BCUT2D eigenvalue weighted by Gasteiger charge is -2.29. The number of para-hydroxylation sites is 2. The summed E-state index contributed by atoms with van der Waals surface area (Å²) in [5.74, 6) is 0. The molecule has 1 aliphatic rings. The Morgan fingerprint density at radius 3 is 2.00 bits per heavy atom. The Kier molecular flexibility index (Phi) is 10.1. The molecule has 4 aromatic carbocycles. The summed E-state index contributed by atoms with van der Waals surface area (Å²) < 4.78 is 0. The third-order valence-corrected chi connectivity index (χ3v) is 9.11. The first-order valence-electron chi connectivity index (χ1n) is 16.1. The molecule has 0 saturated carbocycles. The summed E-state index contributed by atoms with van der Waals surface area (Å²) in [6.07, 6.45) is 20.3. The smallest absolute Gasteiger partial charge is 0.0448 e. The zero-order valence-corrected chi connectivity index (χ0v) is 27.7. The van der Waals surface area contributed by atoms with E-state index in [0.29, 0.717) is 0 Å². The van der Waals surface area contributed by atoms with Crippen molar-refractivity contribution in [2.45, 2.75) is 44.4 Å². The molecule has 0 aromatic heterocycles. The number of anilines is 2. The lowest BCUT2D eigenvalue weighted by molar-refractivity contribution is 0.524. The molecule has 0 saturated heterocycles. The van der Waals surface area contributed by atoms with Gasteiger partial charge in [0.05, 0.1) is 0 Å². The Morgan fingerprint density at radius 1 is 0.717 bits per heavy atom. The molecule has 1 unspecified atom stereocenters. The third kappa shape index (κ3) is 7.24. The maximum atomic E-state index is 3.90. The Hall–Kier alpha value is -5.08. The highest BCUT2D eigenvalue weighted by Crippen LogP contribution is 2.48. The number of rotatable bonds is 12. The fourth-order valence-corrected chi connectivity index (χ4v) is 6.64. The summed E-state index contributed by atoms with van der Waals surface area (Å²) in [5.41, 5.74) is 11.1. The van der Waals surface area contributed by atoms with Crippen molar-refractivity contribution in [3.05, 3.63) is 192 Å². The lowest BCUT2D eigenvalue weighted by Crippen LogP contribution is -2.28. The number of hydrogen-bond donors (Lipinski definition) is 1. The van der Waals surface area contributed by atoms with Gasteiger partial charge in [-0.05, 0) is 82.8 Å². The lowest BCUT2D eigenvalue weighted by atomic mass is 9.76. The van der Waals surface area contributed by atoms with E-state index in [4.69, 9.17) is 0 Å². The van der Waals surface area contributed by atoms with Crippen molar-refractivity contribution < 1.29 is 0 Å². The van der Waals surface area contributed by atoms with Gasteiger partial charge in [-0.1, -0.05) is 148 Å². The molecule has 0 radical (unpaired) electrons. The molecule has 4 aromatic rings. The van der Waals surface area contributed by atoms with E-state index in [1.807, 2.05) is 24.4 Å². The minimum atomic E-state index is -0.130. The monoisotopic (exact) mass is 602 g/mol. The van der Waals surface area contributed by atoms with Crippen LogP contribution in [-0.4, -0.2) is 7.05 Å². The van der Waals surface area contributed by atoms with Crippen LogP contribution in [0.5, 0.6) is 0 Å². The molecule has 0 bridgehead atoms. The van der Waals surface area contributed by atoms with Gasteiger partial charge in [0.15, 0.2) is 0 Å². The average molecular weight is 603 g/mol. The van der Waals surface area contributed by atoms with E-state index in [0.717, 1.165) is 29.7 Å². The summed E-state index contributed by atoms with van der Waals surface area (Å²) in [7, 11) is 2.17. The minimum absolute atomic E-state index is 0.0319. The average Bonchev–Trinajstić information content (AvgIpc) is 3.28. The summed E-state index contributed by atoms with van der Waals surface area (Å²) in [5, 5.41) is 3.52. The minimum Gasteiger partial charge on any atom is -0.361 e. The maximum absolute atomic E-state index is 3.90. The van der Waals surface area contributed by atoms with Crippen LogP contribution >= 0.6 is 0 Å². The van der Waals surface area contributed by atoms with E-state index in [1.165, 1.54) is 33.6 Å². The number of fused-ring (bicyclic) bond motifs is 1. The van der Waals surface area contributed by atoms with Gasteiger partial charge in [0, 0.05) is 35.7 Å². The Labute approximate surface area is 276 Å². The van der Waals surface area contributed by atoms with Crippen molar-refractivity contribution in [3.8, 4) is 0 Å². The van der Waals surface area contributed by atoms with Gasteiger partial charge in [0.25, 0.3) is 0 Å². The fraction of sp³-hybridized carbons (Fsp3) is 0.182. The Balaban J connectivity index is 1.25. The first kappa shape index (κ1) is 32.3. The van der Waals surface area contributed by atoms with Crippen LogP contribution in [-0.2, 0) is 23.7 Å². The molecule has 1 atom stereocenters. The topological polar surface area (TPSA) is 15.3 Å². The van der Waals surface area contributed by atoms with E-state index in [1.54, 1.807) is 0 Å². The molecule has 0 aliphatic carbocycles. The van der Waals surface area contributed by atoms with Gasteiger partial charge in [0.1, 0.15) is 0 Å². The molecular formula is C44H46N2. The molecule has 1 aliphatic heterocycles. The number of benzene rings is 4. The second-order valence-electron chi connectivity index (χ2n) is 12.9. The molecule has 232 valence electrons. The van der Waals surface area contributed by atoms with Gasteiger partial charge in [-0.2, -0.15) is 0 Å². The third-order valence-electron chi connectivity index (χ3n) is 9.11. The fourth-order valence-electron chi connectivity index (χ4n) is 6.64. The van der Waals surface area contributed by atoms with Crippen LogP contribution < -0.4 is 10.2 Å². The van der Waals surface area contributed by atoms with E-state index in [-0.39, 0.29) is 10.8 Å². The van der Waals surface area contributed by atoms with Gasteiger partial charge >= 0.3 is 0 Å². The maximum Gasteiger partial charge on any atom is 0.0448 e. The number of nitrogens with one attached hydrogen (secondary N) is 1. The predicted octanol–water partition coefficient (Wildman–Crippen LogP) is 11.1. The molecule has 2 heteroatoms. The number of allylic oxidation sites excluding steroid dienone is 7. The zero-order chi connectivity index (χ0) is 32.6. The molecule has 5 rings (SSSR count). The Bertz CT molecular complexity index is 1780. The summed E-state index contributed by atoms with van der Waals surface area (Å²) >= 11 is 0. The molecule has 46 heavy (non-hydrogen) atoms. The normalized spacial score (nSPS) is 17.3. The van der Waals surface area contributed by atoms with E-state index in [9.17, 15) is 0 Å². The first-order chi connectivity index (χ1) is 22.2. The van der Waals surface area contributed by atoms with Gasteiger partial charge in [-0.15, -0.1) is 0 Å². The second-order valence-corrected chi connectivity index (χ2v) is 12.9. The van der Waals surface area contributed by atoms with Gasteiger partial charge in [-0.25, -0.2) is 0 Å². The van der Waals surface area contributed by atoms with Crippen LogP contribution in [0, 0.1) is 0 Å². The van der Waals surface area contributed by atoms with Crippen molar-refractivity contribution in [3.63, 3.8) is 0 Å². The van der Waals surface area contributed by atoms with Crippen LogP contribution in [0.1, 0.15) is 54.2 Å². The van der Waals surface area contributed by atoms with Crippen LogP contribution in [0.15, 0.2) is 159 Å². The standard InChI is InChI=1S/C44H46N2/c1-7-34-23-27-36(28-24-34)32-43(3,4)38-18-13-15-20-40(38)45-31-17-11-9-10-12-22-42-44(5,33-37-29-25-35(8-2)26-30-37)39-19-14-16-21-41(39)46(42)6/h7-31,45H,1-2,32-33H2,3-6H3/b11-9+,12-10+,31-17+,42-22+. The zero-order valence-electron chi connectivity index (χ0n) is 27.7. The quantitative estimate of drug-likeness (QED) is 0.162. The predicted molar refractivity (Wildman–Crippen MR) is 201 cm³/mol. The first-order valence-corrected chi connectivity index (χ1v) is 16.1. The summed E-state index contributed by atoms with van der Waals surface area (Å²) in [6, 6.07) is 34.8. The van der Waals surface area contributed by atoms with E-state index in [2.05, 4.69) is 179 Å². The molecule has 2 nitrogen and oxygen atoms in total. The largest absolute Gasteiger partial charge is 0.361 e. The van der Waals surface area contributed by atoms with Gasteiger partial charge in [0.2, 0.25) is 0 Å². The molecule has 0 fully saturated rings. The van der Waals surface area contributed by atoms with Crippen molar-refractivity contribution in [1.82, 2.24) is 0 Å². The highest BCUT2D eigenvalue weighted by molar-refractivity contribution is 5.71. The Morgan fingerprint density at radius 2 is 1.30 bits per heavy atom. The number of hydrogen-bond acceptors (Lipinski definition) is 2. The van der Waals surface area contributed by atoms with Gasteiger partial charge in [-0.3, -0.25) is 0 Å².